The van der Waals surface area contributed by atoms with Gasteiger partial charge in [0.15, 0.2) is 0 Å². The Morgan fingerprint density at radius 3 is 2.49 bits per heavy atom. The molecule has 0 bridgehead atoms. The van der Waals surface area contributed by atoms with Crippen LogP contribution in [0.25, 0.3) is 11.3 Å². The molecule has 1 aliphatic heterocycles. The predicted molar refractivity (Wildman–Crippen MR) is 143 cm³/mol. The average Bonchev–Trinajstić information content (AvgIpc) is 2.91. The normalized spacial score (nSPS) is 14.1. The lowest BCUT2D eigenvalue weighted by atomic mass is 10.0. The van der Waals surface area contributed by atoms with E-state index in [1.807, 2.05) is 0 Å². The summed E-state index contributed by atoms with van der Waals surface area (Å²) in [4.78, 5) is 28.0. The molecular formula is C28H19Cl2FN2O6. The molecular weight excluding hydrogens is 550 g/mol. The van der Waals surface area contributed by atoms with E-state index in [1.165, 1.54) is 12.1 Å². The number of halogens is 3. The van der Waals surface area contributed by atoms with E-state index < -0.39 is 24.0 Å². The zero-order chi connectivity index (χ0) is 27.5. The number of hydrogen-bond acceptors (Lipinski definition) is 6. The van der Waals surface area contributed by atoms with Gasteiger partial charge < -0.3 is 24.6 Å². The van der Waals surface area contributed by atoms with Gasteiger partial charge in [0.2, 0.25) is 0 Å². The second kappa shape index (κ2) is 11.2. The van der Waals surface area contributed by atoms with E-state index in [4.69, 9.17) is 42.5 Å². The van der Waals surface area contributed by atoms with Crippen LogP contribution in [0.3, 0.4) is 0 Å². The fraction of sp³-hybridized carbons (Fsp3) is 0.107. The number of benzene rings is 3. The number of carbonyl (C=O) groups is 2. The highest BCUT2D eigenvalue weighted by atomic mass is 35.5. The van der Waals surface area contributed by atoms with Gasteiger partial charge in [0.05, 0.1) is 11.6 Å². The van der Waals surface area contributed by atoms with Gasteiger partial charge in [-0.2, -0.15) is 0 Å². The highest BCUT2D eigenvalue weighted by molar-refractivity contribution is 6.32. The highest BCUT2D eigenvalue weighted by Gasteiger charge is 2.27. The Kier molecular flexibility index (Phi) is 7.53. The van der Waals surface area contributed by atoms with Crippen LogP contribution in [0.5, 0.6) is 17.2 Å². The maximum absolute atomic E-state index is 14.4. The van der Waals surface area contributed by atoms with E-state index in [0.717, 1.165) is 0 Å². The number of nitrogens with one attached hydrogen (secondary N) is 1. The SMILES string of the molecule is O=C(O)OC1CCOc2cc(Oc3ccc(C(=O)Nc4ccc(F)c(-c5ccc(Cl)cc5)n4)cc3)c(Cl)cc21. The van der Waals surface area contributed by atoms with Gasteiger partial charge in [-0.25, -0.2) is 14.2 Å². The standard InChI is InChI=1S/C28H19Cl2FN2O6/c29-17-5-1-15(2-6-17)26-21(31)9-10-25(32-26)33-27(34)16-3-7-18(8-4-16)38-24-14-23-19(13-20(24)30)22(11-12-37-23)39-28(35)36/h1-10,13-14,22H,11-12H2,(H,35,36)(H,32,33,34). The summed E-state index contributed by atoms with van der Waals surface area (Å²) < 4.78 is 30.8. The summed E-state index contributed by atoms with van der Waals surface area (Å²) in [6, 6.07) is 18.5. The van der Waals surface area contributed by atoms with Crippen molar-refractivity contribution in [3.63, 3.8) is 0 Å². The first-order chi connectivity index (χ1) is 18.8. The lowest BCUT2D eigenvalue weighted by molar-refractivity contribution is 0.0326. The van der Waals surface area contributed by atoms with Crippen LogP contribution in [0.2, 0.25) is 10.0 Å². The summed E-state index contributed by atoms with van der Waals surface area (Å²) in [7, 11) is 0. The fourth-order valence-electron chi connectivity index (χ4n) is 3.99. The molecule has 0 radical (unpaired) electrons. The quantitative estimate of drug-likeness (QED) is 0.229. The smallest absolute Gasteiger partial charge is 0.493 e. The molecule has 1 unspecified atom stereocenters. The zero-order valence-electron chi connectivity index (χ0n) is 20.0. The molecule has 0 fully saturated rings. The molecule has 0 aliphatic carbocycles. The number of anilines is 1. The summed E-state index contributed by atoms with van der Waals surface area (Å²) in [6.45, 7) is 0.278. The number of ether oxygens (including phenoxy) is 3. The maximum Gasteiger partial charge on any atom is 0.506 e. The first-order valence-corrected chi connectivity index (χ1v) is 12.4. The molecule has 1 aliphatic rings. The molecule has 11 heteroatoms. The van der Waals surface area contributed by atoms with Gasteiger partial charge in [-0.3, -0.25) is 4.79 Å². The van der Waals surface area contributed by atoms with Gasteiger partial charge in [-0.1, -0.05) is 35.3 Å². The van der Waals surface area contributed by atoms with Crippen molar-refractivity contribution in [1.29, 1.82) is 0 Å². The number of fused-ring (bicyclic) bond motifs is 1. The number of nitrogens with zero attached hydrogens (tertiary/aromatic N) is 1. The molecule has 8 nitrogen and oxygen atoms in total. The molecule has 0 saturated carbocycles. The van der Waals surface area contributed by atoms with Crippen molar-refractivity contribution in [3.05, 3.63) is 99.8 Å². The number of rotatable bonds is 6. The van der Waals surface area contributed by atoms with Crippen LogP contribution in [0.15, 0.2) is 72.8 Å². The van der Waals surface area contributed by atoms with Gasteiger partial charge in [0, 0.05) is 34.2 Å². The van der Waals surface area contributed by atoms with Crippen molar-refractivity contribution in [2.24, 2.45) is 0 Å². The van der Waals surface area contributed by atoms with E-state index in [0.29, 0.717) is 39.6 Å². The number of aromatic nitrogens is 1. The van der Waals surface area contributed by atoms with Crippen LogP contribution < -0.4 is 14.8 Å². The van der Waals surface area contributed by atoms with Crippen molar-refractivity contribution in [1.82, 2.24) is 4.98 Å². The molecule has 5 rings (SSSR count). The average molecular weight is 569 g/mol. The summed E-state index contributed by atoms with van der Waals surface area (Å²) in [5.41, 5.74) is 1.43. The molecule has 2 heterocycles. The number of pyridine rings is 1. The minimum Gasteiger partial charge on any atom is -0.493 e. The molecule has 1 atom stereocenters. The Hall–Kier alpha value is -4.34. The summed E-state index contributed by atoms with van der Waals surface area (Å²) >= 11 is 12.3. The molecule has 1 aromatic heterocycles. The summed E-state index contributed by atoms with van der Waals surface area (Å²) in [5, 5.41) is 12.4. The molecule has 198 valence electrons. The number of hydrogen-bond donors (Lipinski definition) is 2. The molecule has 0 spiro atoms. The Balaban J connectivity index is 1.28. The van der Waals surface area contributed by atoms with Crippen molar-refractivity contribution in [2.45, 2.75) is 12.5 Å². The Labute approximate surface area is 231 Å². The lowest BCUT2D eigenvalue weighted by Gasteiger charge is -2.25. The Morgan fingerprint density at radius 1 is 1.03 bits per heavy atom. The first kappa shape index (κ1) is 26.3. The first-order valence-electron chi connectivity index (χ1n) is 11.6. The van der Waals surface area contributed by atoms with E-state index in [1.54, 1.807) is 60.7 Å². The van der Waals surface area contributed by atoms with Crippen LogP contribution in [0.1, 0.15) is 28.4 Å². The minimum absolute atomic E-state index is 0.0833. The summed E-state index contributed by atoms with van der Waals surface area (Å²) in [6.07, 6.45) is -1.70. The third kappa shape index (κ3) is 6.05. The van der Waals surface area contributed by atoms with Crippen molar-refractivity contribution in [3.8, 4) is 28.5 Å². The van der Waals surface area contributed by atoms with E-state index in [-0.39, 0.29) is 28.9 Å². The number of amides is 1. The topological polar surface area (TPSA) is 107 Å². The van der Waals surface area contributed by atoms with Gasteiger partial charge >= 0.3 is 6.16 Å². The molecule has 4 aromatic rings. The van der Waals surface area contributed by atoms with Crippen LogP contribution in [-0.4, -0.2) is 28.8 Å². The highest BCUT2D eigenvalue weighted by Crippen LogP contribution is 2.42. The second-order valence-electron chi connectivity index (χ2n) is 8.44. The zero-order valence-corrected chi connectivity index (χ0v) is 21.5. The van der Waals surface area contributed by atoms with Gasteiger partial charge in [0.1, 0.15) is 40.7 Å². The van der Waals surface area contributed by atoms with Gasteiger partial charge in [-0.15, -0.1) is 0 Å². The molecule has 1 amide bonds. The molecule has 39 heavy (non-hydrogen) atoms. The van der Waals surface area contributed by atoms with Crippen molar-refractivity contribution in [2.75, 3.05) is 11.9 Å². The number of carbonyl (C=O) groups excluding carboxylic acids is 1. The largest absolute Gasteiger partial charge is 0.506 e. The van der Waals surface area contributed by atoms with Crippen LogP contribution in [0.4, 0.5) is 15.0 Å². The Bertz CT molecular complexity index is 1550. The van der Waals surface area contributed by atoms with Gasteiger partial charge in [0.25, 0.3) is 5.91 Å². The van der Waals surface area contributed by atoms with E-state index in [9.17, 15) is 14.0 Å². The van der Waals surface area contributed by atoms with Crippen molar-refractivity contribution >= 4 is 41.1 Å². The Morgan fingerprint density at radius 2 is 1.77 bits per heavy atom. The second-order valence-corrected chi connectivity index (χ2v) is 9.29. The number of carboxylic acid groups (broad SMARTS) is 1. The summed E-state index contributed by atoms with van der Waals surface area (Å²) in [5.74, 6) is 0.284. The maximum atomic E-state index is 14.4. The van der Waals surface area contributed by atoms with E-state index in [2.05, 4.69) is 10.3 Å². The molecule has 3 aromatic carbocycles. The monoisotopic (exact) mass is 568 g/mol. The van der Waals surface area contributed by atoms with Crippen LogP contribution >= 0.6 is 23.2 Å². The lowest BCUT2D eigenvalue weighted by Crippen LogP contribution is -2.18. The van der Waals surface area contributed by atoms with Crippen molar-refractivity contribution < 1.29 is 33.3 Å². The molecule has 2 N–H and O–H groups in total. The minimum atomic E-state index is -1.38. The predicted octanol–water partition coefficient (Wildman–Crippen LogP) is 7.76. The fourth-order valence-corrected chi connectivity index (χ4v) is 4.33. The van der Waals surface area contributed by atoms with Crippen LogP contribution in [-0.2, 0) is 4.74 Å². The van der Waals surface area contributed by atoms with Crippen LogP contribution in [0, 0.1) is 5.82 Å². The third-order valence-corrected chi connectivity index (χ3v) is 6.39. The van der Waals surface area contributed by atoms with Gasteiger partial charge in [-0.05, 0) is 54.6 Å². The third-order valence-electron chi connectivity index (χ3n) is 5.84. The molecule has 0 saturated heterocycles. The van der Waals surface area contributed by atoms with E-state index >= 15 is 0 Å².